The van der Waals surface area contributed by atoms with E-state index >= 15 is 0 Å². The van der Waals surface area contributed by atoms with E-state index in [9.17, 15) is 4.79 Å². The van der Waals surface area contributed by atoms with Crippen molar-refractivity contribution in [3.8, 4) is 11.5 Å². The SMILES string of the molecule is COc1cccc(OC)c1C(=O)Nc1ccc(N2CCOCC2)nn1. The van der Waals surface area contributed by atoms with Gasteiger partial charge in [-0.15, -0.1) is 10.2 Å². The Hall–Kier alpha value is -2.87. The van der Waals surface area contributed by atoms with Crippen molar-refractivity contribution in [3.05, 3.63) is 35.9 Å². The van der Waals surface area contributed by atoms with Crippen LogP contribution in [0.5, 0.6) is 11.5 Å². The predicted molar refractivity (Wildman–Crippen MR) is 92.6 cm³/mol. The number of amides is 1. The summed E-state index contributed by atoms with van der Waals surface area (Å²) in [4.78, 5) is 14.7. The summed E-state index contributed by atoms with van der Waals surface area (Å²) in [5.41, 5.74) is 0.312. The molecule has 1 aromatic heterocycles. The summed E-state index contributed by atoms with van der Waals surface area (Å²) >= 11 is 0. The van der Waals surface area contributed by atoms with Crippen LogP contribution in [-0.4, -0.2) is 56.6 Å². The average Bonchev–Trinajstić information content (AvgIpc) is 2.68. The zero-order valence-corrected chi connectivity index (χ0v) is 14.2. The summed E-state index contributed by atoms with van der Waals surface area (Å²) in [6.07, 6.45) is 0. The zero-order chi connectivity index (χ0) is 17.6. The van der Waals surface area contributed by atoms with Crippen LogP contribution in [0.1, 0.15) is 10.4 Å². The van der Waals surface area contributed by atoms with Gasteiger partial charge in [-0.3, -0.25) is 4.79 Å². The van der Waals surface area contributed by atoms with E-state index in [0.717, 1.165) is 18.9 Å². The molecule has 3 rings (SSSR count). The van der Waals surface area contributed by atoms with Crippen LogP contribution in [0.4, 0.5) is 11.6 Å². The van der Waals surface area contributed by atoms with Crippen molar-refractivity contribution in [2.45, 2.75) is 0 Å². The lowest BCUT2D eigenvalue weighted by atomic mass is 10.1. The third kappa shape index (κ3) is 3.80. The number of rotatable bonds is 5. The summed E-state index contributed by atoms with van der Waals surface area (Å²) in [6, 6.07) is 8.70. The van der Waals surface area contributed by atoms with E-state index in [4.69, 9.17) is 14.2 Å². The Balaban J connectivity index is 1.75. The average molecular weight is 344 g/mol. The number of nitrogens with one attached hydrogen (secondary N) is 1. The molecule has 0 spiro atoms. The normalized spacial score (nSPS) is 14.1. The first kappa shape index (κ1) is 17.0. The van der Waals surface area contributed by atoms with Gasteiger partial charge in [0, 0.05) is 13.1 Å². The molecule has 1 amide bonds. The number of carbonyl (C=O) groups is 1. The molecule has 1 fully saturated rings. The monoisotopic (exact) mass is 344 g/mol. The molecule has 1 aliphatic rings. The van der Waals surface area contributed by atoms with E-state index in [0.29, 0.717) is 36.1 Å². The summed E-state index contributed by atoms with van der Waals surface area (Å²) < 4.78 is 15.8. The molecule has 132 valence electrons. The Bertz CT molecular complexity index is 708. The summed E-state index contributed by atoms with van der Waals surface area (Å²) in [7, 11) is 3.00. The van der Waals surface area contributed by atoms with Gasteiger partial charge in [0.05, 0.1) is 27.4 Å². The topological polar surface area (TPSA) is 85.8 Å². The largest absolute Gasteiger partial charge is 0.496 e. The Morgan fingerprint density at radius 3 is 2.32 bits per heavy atom. The van der Waals surface area contributed by atoms with Crippen LogP contribution in [-0.2, 0) is 4.74 Å². The fraction of sp³-hybridized carbons (Fsp3) is 0.353. The Labute approximate surface area is 145 Å². The molecule has 0 aliphatic carbocycles. The first-order valence-electron chi connectivity index (χ1n) is 7.91. The number of methoxy groups -OCH3 is 2. The number of benzene rings is 1. The maximum atomic E-state index is 12.6. The van der Waals surface area contributed by atoms with Crippen LogP contribution >= 0.6 is 0 Å². The van der Waals surface area contributed by atoms with E-state index in [-0.39, 0.29) is 5.91 Å². The molecule has 2 aromatic rings. The molecule has 8 heteroatoms. The van der Waals surface area contributed by atoms with E-state index in [1.54, 1.807) is 24.3 Å². The third-order valence-electron chi connectivity index (χ3n) is 3.88. The fourth-order valence-corrected chi connectivity index (χ4v) is 2.61. The molecule has 8 nitrogen and oxygen atoms in total. The second kappa shape index (κ2) is 7.80. The van der Waals surface area contributed by atoms with Gasteiger partial charge in [-0.2, -0.15) is 0 Å². The highest BCUT2D eigenvalue weighted by Gasteiger charge is 2.19. The third-order valence-corrected chi connectivity index (χ3v) is 3.88. The molecule has 0 atom stereocenters. The van der Waals surface area contributed by atoms with Crippen molar-refractivity contribution in [1.82, 2.24) is 10.2 Å². The number of aromatic nitrogens is 2. The summed E-state index contributed by atoms with van der Waals surface area (Å²) in [5.74, 6) is 1.60. The quantitative estimate of drug-likeness (QED) is 0.881. The Morgan fingerprint density at radius 1 is 1.08 bits per heavy atom. The van der Waals surface area contributed by atoms with Crippen LogP contribution in [0.3, 0.4) is 0 Å². The standard InChI is InChI=1S/C17H20N4O4/c1-23-12-4-3-5-13(24-2)16(12)17(22)18-14-6-7-15(20-19-14)21-8-10-25-11-9-21/h3-7H,8-11H2,1-2H3,(H,18,19,22). The zero-order valence-electron chi connectivity index (χ0n) is 14.2. The van der Waals surface area contributed by atoms with Crippen molar-refractivity contribution < 1.29 is 19.0 Å². The lowest BCUT2D eigenvalue weighted by molar-refractivity contribution is 0.102. The van der Waals surface area contributed by atoms with Crippen molar-refractivity contribution >= 4 is 17.5 Å². The molecule has 1 saturated heterocycles. The molecule has 2 heterocycles. The molecular formula is C17H20N4O4. The van der Waals surface area contributed by atoms with E-state index < -0.39 is 0 Å². The van der Waals surface area contributed by atoms with Crippen molar-refractivity contribution in [2.24, 2.45) is 0 Å². The minimum absolute atomic E-state index is 0.312. The van der Waals surface area contributed by atoms with Gasteiger partial charge in [0.25, 0.3) is 5.91 Å². The maximum absolute atomic E-state index is 12.6. The Morgan fingerprint density at radius 2 is 1.76 bits per heavy atom. The van der Waals surface area contributed by atoms with Crippen LogP contribution in [0.25, 0.3) is 0 Å². The van der Waals surface area contributed by atoms with Crippen molar-refractivity contribution in [2.75, 3.05) is 50.7 Å². The molecule has 25 heavy (non-hydrogen) atoms. The first-order chi connectivity index (χ1) is 12.2. The number of morpholine rings is 1. The summed E-state index contributed by atoms with van der Waals surface area (Å²) in [5, 5.41) is 11.0. The summed E-state index contributed by atoms with van der Waals surface area (Å²) in [6.45, 7) is 2.90. The highest BCUT2D eigenvalue weighted by atomic mass is 16.5. The molecule has 0 unspecified atom stereocenters. The van der Waals surface area contributed by atoms with Gasteiger partial charge in [0.2, 0.25) is 0 Å². The maximum Gasteiger partial charge on any atom is 0.264 e. The van der Waals surface area contributed by atoms with Gasteiger partial charge in [-0.05, 0) is 24.3 Å². The van der Waals surface area contributed by atoms with Gasteiger partial charge in [-0.25, -0.2) is 0 Å². The molecule has 0 saturated carbocycles. The number of ether oxygens (including phenoxy) is 3. The lowest BCUT2D eigenvalue weighted by Crippen LogP contribution is -2.36. The fourth-order valence-electron chi connectivity index (χ4n) is 2.61. The van der Waals surface area contributed by atoms with Gasteiger partial charge in [-0.1, -0.05) is 6.07 Å². The minimum Gasteiger partial charge on any atom is -0.496 e. The van der Waals surface area contributed by atoms with E-state index in [1.165, 1.54) is 14.2 Å². The van der Waals surface area contributed by atoms with E-state index in [1.807, 2.05) is 6.07 Å². The van der Waals surface area contributed by atoms with Crippen LogP contribution in [0.15, 0.2) is 30.3 Å². The molecule has 1 aromatic carbocycles. The molecule has 0 bridgehead atoms. The van der Waals surface area contributed by atoms with Crippen molar-refractivity contribution in [1.29, 1.82) is 0 Å². The minimum atomic E-state index is -0.372. The number of hydrogen-bond acceptors (Lipinski definition) is 7. The second-order valence-electron chi connectivity index (χ2n) is 5.37. The van der Waals surface area contributed by atoms with Crippen LogP contribution < -0.4 is 19.7 Å². The molecule has 0 radical (unpaired) electrons. The highest BCUT2D eigenvalue weighted by Crippen LogP contribution is 2.28. The van der Waals surface area contributed by atoms with Crippen LogP contribution in [0.2, 0.25) is 0 Å². The van der Waals surface area contributed by atoms with Gasteiger partial charge < -0.3 is 24.4 Å². The van der Waals surface area contributed by atoms with Gasteiger partial charge in [0.1, 0.15) is 17.1 Å². The molecular weight excluding hydrogens is 324 g/mol. The van der Waals surface area contributed by atoms with Crippen LogP contribution in [0, 0.1) is 0 Å². The highest BCUT2D eigenvalue weighted by molar-refractivity contribution is 6.07. The van der Waals surface area contributed by atoms with Gasteiger partial charge >= 0.3 is 0 Å². The first-order valence-corrected chi connectivity index (χ1v) is 7.91. The van der Waals surface area contributed by atoms with E-state index in [2.05, 4.69) is 20.4 Å². The smallest absolute Gasteiger partial charge is 0.264 e. The van der Waals surface area contributed by atoms with Gasteiger partial charge in [0.15, 0.2) is 11.6 Å². The number of nitrogens with zero attached hydrogens (tertiary/aromatic N) is 3. The number of carbonyl (C=O) groups excluding carboxylic acids is 1. The molecule has 1 N–H and O–H groups in total. The predicted octanol–water partition coefficient (Wildman–Crippen LogP) is 1.58. The number of hydrogen-bond donors (Lipinski definition) is 1. The Kier molecular flexibility index (Phi) is 5.30. The lowest BCUT2D eigenvalue weighted by Gasteiger charge is -2.27. The second-order valence-corrected chi connectivity index (χ2v) is 5.37. The van der Waals surface area contributed by atoms with Crippen molar-refractivity contribution in [3.63, 3.8) is 0 Å². The number of anilines is 2. The molecule has 1 aliphatic heterocycles.